The Morgan fingerprint density at radius 2 is 1.19 bits per heavy atom. The van der Waals surface area contributed by atoms with Gasteiger partial charge in [-0.25, -0.2) is 4.57 Å². The Morgan fingerprint density at radius 3 is 1.62 bits per heavy atom. The van der Waals surface area contributed by atoms with E-state index in [2.05, 4.69) is 6.92 Å². The lowest BCUT2D eigenvalue weighted by Gasteiger charge is -2.19. The topological polar surface area (TPSA) is 76.1 Å². The molecule has 0 aromatic carbocycles. The van der Waals surface area contributed by atoms with Gasteiger partial charge in [0.15, 0.2) is 0 Å². The van der Waals surface area contributed by atoms with Crippen LogP contribution in [0.3, 0.4) is 0 Å². The average molecular weight is 548 g/mol. The van der Waals surface area contributed by atoms with Crippen LogP contribution in [-0.4, -0.2) is 49.4 Å². The minimum absolute atomic E-state index is 0.0189. The largest absolute Gasteiger partial charge is 0.472 e. The second-order valence-electron chi connectivity index (χ2n) is 11.2. The predicted octanol–water partition coefficient (Wildman–Crippen LogP) is 9.10. The van der Waals surface area contributed by atoms with Crippen molar-refractivity contribution >= 4 is 13.6 Å². The molecular formula is C30H62NO5P. The highest BCUT2D eigenvalue weighted by atomic mass is 31.2. The van der Waals surface area contributed by atoms with Gasteiger partial charge in [-0.2, -0.15) is 0 Å². The summed E-state index contributed by atoms with van der Waals surface area (Å²) in [5, 5.41) is 0. The summed E-state index contributed by atoms with van der Waals surface area (Å²) >= 11 is 0. The van der Waals surface area contributed by atoms with Gasteiger partial charge in [0, 0.05) is 12.8 Å². The quantitative estimate of drug-likeness (QED) is 0.0743. The Morgan fingerprint density at radius 1 is 0.730 bits per heavy atom. The van der Waals surface area contributed by atoms with Crippen LogP contribution in [0.5, 0.6) is 0 Å². The zero-order valence-electron chi connectivity index (χ0n) is 25.0. The number of nitrogens with zero attached hydrogens (tertiary/aromatic N) is 1. The van der Waals surface area contributed by atoms with Gasteiger partial charge in [-0.05, 0) is 39.4 Å². The van der Waals surface area contributed by atoms with Crippen molar-refractivity contribution in [2.24, 2.45) is 5.92 Å². The van der Waals surface area contributed by atoms with Crippen LogP contribution in [0.2, 0.25) is 0 Å². The first-order valence-corrected chi connectivity index (χ1v) is 17.1. The first-order chi connectivity index (χ1) is 17.8. The summed E-state index contributed by atoms with van der Waals surface area (Å²) in [6, 6.07) is 0. The molecule has 222 valence electrons. The molecule has 37 heavy (non-hydrogen) atoms. The molecule has 2 unspecified atom stereocenters. The molecule has 1 N–H and O–H groups in total. The molecule has 0 aliphatic rings. The van der Waals surface area contributed by atoms with E-state index >= 15 is 0 Å². The monoisotopic (exact) mass is 547 g/mol. The van der Waals surface area contributed by atoms with E-state index in [0.717, 1.165) is 25.8 Å². The van der Waals surface area contributed by atoms with E-state index in [1.54, 1.807) is 0 Å². The Hall–Kier alpha value is -0.260. The normalized spacial score (nSPS) is 14.2. The number of phosphoric acid groups is 1. The molecule has 0 aromatic rings. The van der Waals surface area contributed by atoms with Gasteiger partial charge >= 0.3 is 7.82 Å². The van der Waals surface area contributed by atoms with Crippen LogP contribution < -0.4 is 0 Å². The van der Waals surface area contributed by atoms with E-state index in [4.69, 9.17) is 9.05 Å². The number of hydrogen-bond donors (Lipinski definition) is 1. The second kappa shape index (κ2) is 26.0. The molecule has 0 fully saturated rings. The summed E-state index contributed by atoms with van der Waals surface area (Å²) in [5.41, 5.74) is 0. The lowest BCUT2D eigenvalue weighted by Crippen LogP contribution is -2.16. The Labute approximate surface area is 230 Å². The van der Waals surface area contributed by atoms with Crippen molar-refractivity contribution in [2.75, 3.05) is 33.9 Å². The van der Waals surface area contributed by atoms with Crippen LogP contribution >= 0.6 is 7.82 Å². The molecule has 6 nitrogen and oxygen atoms in total. The Balaban J connectivity index is 3.80. The van der Waals surface area contributed by atoms with Crippen LogP contribution in [0, 0.1) is 5.92 Å². The highest BCUT2D eigenvalue weighted by Gasteiger charge is 2.24. The maximum atomic E-state index is 12.2. The smallest absolute Gasteiger partial charge is 0.309 e. The van der Waals surface area contributed by atoms with Crippen molar-refractivity contribution in [3.8, 4) is 0 Å². The van der Waals surface area contributed by atoms with Crippen molar-refractivity contribution in [1.82, 2.24) is 4.90 Å². The summed E-state index contributed by atoms with van der Waals surface area (Å²) < 4.78 is 22.5. The molecular weight excluding hydrogens is 485 g/mol. The van der Waals surface area contributed by atoms with E-state index in [9.17, 15) is 14.3 Å². The maximum absolute atomic E-state index is 12.2. The first kappa shape index (κ1) is 36.7. The fourth-order valence-corrected chi connectivity index (χ4v) is 5.50. The van der Waals surface area contributed by atoms with Gasteiger partial charge in [0.1, 0.15) is 5.78 Å². The molecule has 0 radical (unpaired) electrons. The third kappa shape index (κ3) is 27.1. The van der Waals surface area contributed by atoms with E-state index in [1.807, 2.05) is 25.9 Å². The summed E-state index contributed by atoms with van der Waals surface area (Å²) in [6.45, 7) is 5.21. The van der Waals surface area contributed by atoms with E-state index < -0.39 is 7.82 Å². The number of hydrogen-bond acceptors (Lipinski definition) is 5. The maximum Gasteiger partial charge on any atom is 0.472 e. The van der Waals surface area contributed by atoms with E-state index in [1.165, 1.54) is 96.3 Å². The number of phosphoric ester groups is 1. The Bertz CT molecular complexity index is 558. The molecule has 0 heterocycles. The summed E-state index contributed by atoms with van der Waals surface area (Å²) in [6.07, 6.45) is 25.2. The number of carbonyl (C=O) groups excluding carboxylic acids is 1. The van der Waals surface area contributed by atoms with E-state index in [0.29, 0.717) is 19.3 Å². The minimum Gasteiger partial charge on any atom is -0.309 e. The summed E-state index contributed by atoms with van der Waals surface area (Å²) in [7, 11) is -0.169. The standard InChI is InChI=1S/C30H62NO5P/c1-5-7-8-9-10-11-12-13-14-15-16-17-18-19-20-21-22-24-29(27-30(32)6-2)28-36-37(33,34)35-26-23-25-31(3)4/h29H,5-28H2,1-4H3,(H,33,34). The number of ketones is 1. The molecule has 0 aromatic heterocycles. The summed E-state index contributed by atoms with van der Waals surface area (Å²) in [4.78, 5) is 23.9. The second-order valence-corrected chi connectivity index (χ2v) is 12.6. The van der Waals surface area contributed by atoms with Crippen molar-refractivity contribution < 1.29 is 23.3 Å². The molecule has 0 spiro atoms. The molecule has 2 atom stereocenters. The van der Waals surface area contributed by atoms with Crippen LogP contribution in [-0.2, 0) is 18.4 Å². The zero-order valence-corrected chi connectivity index (χ0v) is 25.9. The number of unbranched alkanes of at least 4 members (excludes halogenated alkanes) is 16. The first-order valence-electron chi connectivity index (χ1n) is 15.6. The van der Waals surface area contributed by atoms with Gasteiger partial charge in [0.25, 0.3) is 0 Å². The van der Waals surface area contributed by atoms with Crippen LogP contribution in [0.25, 0.3) is 0 Å². The SMILES string of the molecule is CCCCCCCCCCCCCCCCCCCC(COP(=O)(O)OCCCN(C)C)CC(=O)CC. The van der Waals surface area contributed by atoms with Gasteiger partial charge < -0.3 is 9.79 Å². The molecule has 0 amide bonds. The third-order valence-electron chi connectivity index (χ3n) is 7.10. The molecule has 7 heteroatoms. The molecule has 0 bridgehead atoms. The van der Waals surface area contributed by atoms with Crippen molar-refractivity contribution in [3.05, 3.63) is 0 Å². The molecule has 0 saturated heterocycles. The molecule has 0 saturated carbocycles. The van der Waals surface area contributed by atoms with Crippen LogP contribution in [0.4, 0.5) is 0 Å². The highest BCUT2D eigenvalue weighted by molar-refractivity contribution is 7.47. The lowest BCUT2D eigenvalue weighted by molar-refractivity contribution is -0.120. The predicted molar refractivity (Wildman–Crippen MR) is 157 cm³/mol. The van der Waals surface area contributed by atoms with Crippen molar-refractivity contribution in [3.63, 3.8) is 0 Å². The molecule has 0 aliphatic carbocycles. The fourth-order valence-electron chi connectivity index (χ4n) is 4.67. The number of carbonyl (C=O) groups is 1. The van der Waals surface area contributed by atoms with Crippen molar-refractivity contribution in [1.29, 1.82) is 0 Å². The Kier molecular flexibility index (Phi) is 25.8. The zero-order chi connectivity index (χ0) is 27.6. The fraction of sp³-hybridized carbons (Fsp3) is 0.967. The van der Waals surface area contributed by atoms with Gasteiger partial charge in [0.2, 0.25) is 0 Å². The third-order valence-corrected chi connectivity index (χ3v) is 8.09. The highest BCUT2D eigenvalue weighted by Crippen LogP contribution is 2.44. The number of Topliss-reactive ketones (excluding diaryl/α,β-unsaturated/α-hetero) is 1. The summed E-state index contributed by atoms with van der Waals surface area (Å²) in [5.74, 6) is 0.162. The van der Waals surface area contributed by atoms with Crippen LogP contribution in [0.1, 0.15) is 149 Å². The lowest BCUT2D eigenvalue weighted by atomic mass is 9.95. The number of rotatable bonds is 29. The van der Waals surface area contributed by atoms with Crippen LogP contribution in [0.15, 0.2) is 0 Å². The average Bonchev–Trinajstić information content (AvgIpc) is 2.86. The minimum atomic E-state index is -4.07. The van der Waals surface area contributed by atoms with Gasteiger partial charge in [-0.15, -0.1) is 0 Å². The van der Waals surface area contributed by atoms with Crippen molar-refractivity contribution in [2.45, 2.75) is 149 Å². The van der Waals surface area contributed by atoms with Gasteiger partial charge in [-0.3, -0.25) is 13.8 Å². The molecule has 0 rings (SSSR count). The van der Waals surface area contributed by atoms with E-state index in [-0.39, 0.29) is 24.9 Å². The van der Waals surface area contributed by atoms with Gasteiger partial charge in [-0.1, -0.05) is 123 Å². The molecule has 0 aliphatic heterocycles. The van der Waals surface area contributed by atoms with Gasteiger partial charge in [0.05, 0.1) is 13.2 Å².